The highest BCUT2D eigenvalue weighted by Gasteiger charge is 2.21. The number of aryl methyl sites for hydroxylation is 1. The summed E-state index contributed by atoms with van der Waals surface area (Å²) in [5.74, 6) is 2.14. The van der Waals surface area contributed by atoms with E-state index in [4.69, 9.17) is 0 Å². The van der Waals surface area contributed by atoms with Gasteiger partial charge in [-0.3, -0.25) is 0 Å². The Kier molecular flexibility index (Phi) is 3.29. The summed E-state index contributed by atoms with van der Waals surface area (Å²) in [5.41, 5.74) is 2.03. The van der Waals surface area contributed by atoms with Gasteiger partial charge in [0.05, 0.1) is 0 Å². The molecule has 19 heavy (non-hydrogen) atoms. The predicted octanol–water partition coefficient (Wildman–Crippen LogP) is 1.98. The van der Waals surface area contributed by atoms with E-state index in [1.807, 2.05) is 13.1 Å². The van der Waals surface area contributed by atoms with Gasteiger partial charge in [0, 0.05) is 30.6 Å². The van der Waals surface area contributed by atoms with Gasteiger partial charge in [0.2, 0.25) is 0 Å². The van der Waals surface area contributed by atoms with Crippen molar-refractivity contribution in [3.8, 4) is 11.5 Å². The number of nitrogens with zero attached hydrogens (tertiary/aromatic N) is 4. The van der Waals surface area contributed by atoms with E-state index >= 15 is 0 Å². The number of H-pyrrole nitrogens is 1. The second kappa shape index (κ2) is 5.09. The SMILES string of the molecule is Cc1nc(-c2ncc[nH]2)cc([C@@H]2CCCN(C)C2)n1. The largest absolute Gasteiger partial charge is 0.343 e. The monoisotopic (exact) mass is 257 g/mol. The summed E-state index contributed by atoms with van der Waals surface area (Å²) < 4.78 is 0. The summed E-state index contributed by atoms with van der Waals surface area (Å²) in [7, 11) is 2.17. The molecule has 0 radical (unpaired) electrons. The molecule has 1 atom stereocenters. The van der Waals surface area contributed by atoms with Crippen molar-refractivity contribution in [1.29, 1.82) is 0 Å². The average molecular weight is 257 g/mol. The third kappa shape index (κ3) is 2.66. The molecule has 5 heteroatoms. The zero-order valence-corrected chi connectivity index (χ0v) is 11.4. The number of aromatic nitrogens is 4. The Morgan fingerprint density at radius 2 is 2.26 bits per heavy atom. The van der Waals surface area contributed by atoms with Gasteiger partial charge in [-0.05, 0) is 39.4 Å². The van der Waals surface area contributed by atoms with Gasteiger partial charge in [0.15, 0.2) is 5.82 Å². The van der Waals surface area contributed by atoms with Gasteiger partial charge < -0.3 is 9.88 Å². The molecule has 2 aromatic heterocycles. The van der Waals surface area contributed by atoms with Crippen molar-refractivity contribution in [2.45, 2.75) is 25.7 Å². The third-order valence-electron chi connectivity index (χ3n) is 3.64. The quantitative estimate of drug-likeness (QED) is 0.893. The number of likely N-dealkylation sites (tertiary alicyclic amines) is 1. The van der Waals surface area contributed by atoms with Crippen molar-refractivity contribution >= 4 is 0 Å². The molecular weight excluding hydrogens is 238 g/mol. The van der Waals surface area contributed by atoms with E-state index in [1.165, 1.54) is 19.4 Å². The maximum absolute atomic E-state index is 4.62. The third-order valence-corrected chi connectivity index (χ3v) is 3.64. The van der Waals surface area contributed by atoms with Crippen molar-refractivity contribution < 1.29 is 0 Å². The van der Waals surface area contributed by atoms with Crippen LogP contribution in [0.25, 0.3) is 11.5 Å². The smallest absolute Gasteiger partial charge is 0.156 e. The minimum atomic E-state index is 0.508. The van der Waals surface area contributed by atoms with Gasteiger partial charge in [0.25, 0.3) is 0 Å². The van der Waals surface area contributed by atoms with Crippen LogP contribution in [0.5, 0.6) is 0 Å². The van der Waals surface area contributed by atoms with Gasteiger partial charge >= 0.3 is 0 Å². The van der Waals surface area contributed by atoms with E-state index < -0.39 is 0 Å². The van der Waals surface area contributed by atoms with E-state index in [-0.39, 0.29) is 0 Å². The van der Waals surface area contributed by atoms with E-state index in [0.29, 0.717) is 5.92 Å². The maximum atomic E-state index is 4.62. The minimum Gasteiger partial charge on any atom is -0.343 e. The lowest BCUT2D eigenvalue weighted by Gasteiger charge is -2.29. The predicted molar refractivity (Wildman–Crippen MR) is 73.8 cm³/mol. The number of likely N-dealkylation sites (N-methyl/N-ethyl adjacent to an activating group) is 1. The zero-order valence-electron chi connectivity index (χ0n) is 11.4. The van der Waals surface area contributed by atoms with Crippen molar-refractivity contribution in [1.82, 2.24) is 24.8 Å². The molecule has 0 spiro atoms. The highest BCUT2D eigenvalue weighted by molar-refractivity contribution is 5.49. The number of rotatable bonds is 2. The first kappa shape index (κ1) is 12.3. The molecule has 0 amide bonds. The summed E-state index contributed by atoms with van der Waals surface area (Å²) in [4.78, 5) is 18.8. The van der Waals surface area contributed by atoms with Crippen LogP contribution in [0.4, 0.5) is 0 Å². The Balaban J connectivity index is 1.93. The molecule has 0 saturated carbocycles. The summed E-state index contributed by atoms with van der Waals surface area (Å²) in [6, 6.07) is 2.08. The molecule has 0 aromatic carbocycles. The molecular formula is C14H19N5. The Morgan fingerprint density at radius 1 is 1.37 bits per heavy atom. The second-order valence-electron chi connectivity index (χ2n) is 5.26. The van der Waals surface area contributed by atoms with Crippen LogP contribution in [0.3, 0.4) is 0 Å². The standard InChI is InChI=1S/C14H19N5/c1-10-17-12(11-4-3-7-19(2)9-11)8-13(18-10)14-15-5-6-16-14/h5-6,8,11H,3-4,7,9H2,1-2H3,(H,15,16)/t11-/m1/s1. The number of hydrogen-bond acceptors (Lipinski definition) is 4. The molecule has 1 N–H and O–H groups in total. The summed E-state index contributed by atoms with van der Waals surface area (Å²) in [6.45, 7) is 4.21. The first-order valence-corrected chi connectivity index (χ1v) is 6.76. The van der Waals surface area contributed by atoms with Gasteiger partial charge in [-0.2, -0.15) is 0 Å². The molecule has 0 bridgehead atoms. The van der Waals surface area contributed by atoms with Crippen LogP contribution < -0.4 is 0 Å². The first-order chi connectivity index (χ1) is 9.22. The lowest BCUT2D eigenvalue weighted by molar-refractivity contribution is 0.248. The number of imidazole rings is 1. The Hall–Kier alpha value is -1.75. The summed E-state index contributed by atoms with van der Waals surface area (Å²) in [6.07, 6.45) is 6.01. The highest BCUT2D eigenvalue weighted by atomic mass is 15.1. The molecule has 100 valence electrons. The molecule has 0 aliphatic carbocycles. The van der Waals surface area contributed by atoms with Crippen molar-refractivity contribution in [2.24, 2.45) is 0 Å². The van der Waals surface area contributed by atoms with Crippen molar-refractivity contribution in [3.63, 3.8) is 0 Å². The topological polar surface area (TPSA) is 57.7 Å². The van der Waals surface area contributed by atoms with Gasteiger partial charge in [-0.1, -0.05) is 0 Å². The molecule has 1 fully saturated rings. The number of hydrogen-bond donors (Lipinski definition) is 1. The molecule has 1 aliphatic heterocycles. The molecule has 1 aliphatic rings. The van der Waals surface area contributed by atoms with Crippen molar-refractivity contribution in [3.05, 3.63) is 30.0 Å². The fourth-order valence-electron chi connectivity index (χ4n) is 2.73. The lowest BCUT2D eigenvalue weighted by Crippen LogP contribution is -2.31. The Morgan fingerprint density at radius 3 is 3.00 bits per heavy atom. The minimum absolute atomic E-state index is 0.508. The Bertz CT molecular complexity index is 549. The number of nitrogens with one attached hydrogen (secondary N) is 1. The highest BCUT2D eigenvalue weighted by Crippen LogP contribution is 2.26. The van der Waals surface area contributed by atoms with Crippen molar-refractivity contribution in [2.75, 3.05) is 20.1 Å². The van der Waals surface area contributed by atoms with Crippen LogP contribution in [-0.2, 0) is 0 Å². The molecule has 3 rings (SSSR count). The first-order valence-electron chi connectivity index (χ1n) is 6.76. The molecule has 3 heterocycles. The second-order valence-corrected chi connectivity index (χ2v) is 5.26. The maximum Gasteiger partial charge on any atom is 0.156 e. The number of piperidine rings is 1. The fourth-order valence-corrected chi connectivity index (χ4v) is 2.73. The van der Waals surface area contributed by atoms with Crippen LogP contribution in [0, 0.1) is 6.92 Å². The summed E-state index contributed by atoms with van der Waals surface area (Å²) in [5, 5.41) is 0. The lowest BCUT2D eigenvalue weighted by atomic mass is 9.94. The van der Waals surface area contributed by atoms with Gasteiger partial charge in [0.1, 0.15) is 11.5 Å². The fraction of sp³-hybridized carbons (Fsp3) is 0.500. The van der Waals surface area contributed by atoms with Gasteiger partial charge in [-0.25, -0.2) is 15.0 Å². The normalized spacial score (nSPS) is 20.6. The van der Waals surface area contributed by atoms with Crippen LogP contribution >= 0.6 is 0 Å². The van der Waals surface area contributed by atoms with Crippen LogP contribution in [-0.4, -0.2) is 45.0 Å². The Labute approximate surface area is 113 Å². The zero-order chi connectivity index (χ0) is 13.2. The molecule has 2 aromatic rings. The van der Waals surface area contributed by atoms with Crippen LogP contribution in [0.1, 0.15) is 30.3 Å². The van der Waals surface area contributed by atoms with Gasteiger partial charge in [-0.15, -0.1) is 0 Å². The molecule has 5 nitrogen and oxygen atoms in total. The van der Waals surface area contributed by atoms with E-state index in [2.05, 4.69) is 37.9 Å². The van der Waals surface area contributed by atoms with E-state index in [0.717, 1.165) is 29.6 Å². The van der Waals surface area contributed by atoms with E-state index in [9.17, 15) is 0 Å². The molecule has 1 saturated heterocycles. The number of aromatic amines is 1. The van der Waals surface area contributed by atoms with E-state index in [1.54, 1.807) is 6.20 Å². The average Bonchev–Trinajstić information content (AvgIpc) is 2.92. The van der Waals surface area contributed by atoms with Crippen LogP contribution in [0.15, 0.2) is 18.5 Å². The summed E-state index contributed by atoms with van der Waals surface area (Å²) >= 11 is 0. The molecule has 0 unspecified atom stereocenters. The van der Waals surface area contributed by atoms with Crippen LogP contribution in [0.2, 0.25) is 0 Å².